The number of hydrogen-bond acceptors (Lipinski definition) is 3. The lowest BCUT2D eigenvalue weighted by molar-refractivity contribution is -0.0786. The summed E-state index contributed by atoms with van der Waals surface area (Å²) in [7, 11) is 0. The van der Waals surface area contributed by atoms with E-state index in [0.717, 1.165) is 26.1 Å². The molecule has 0 amide bonds. The Morgan fingerprint density at radius 3 is 2.80 bits per heavy atom. The van der Waals surface area contributed by atoms with Crippen molar-refractivity contribution < 1.29 is 4.74 Å². The Hall–Kier alpha value is -0.120. The number of nitrogens with two attached hydrogens (primary N) is 1. The van der Waals surface area contributed by atoms with Crippen molar-refractivity contribution in [3.05, 3.63) is 0 Å². The summed E-state index contributed by atoms with van der Waals surface area (Å²) < 4.78 is 5.84. The maximum absolute atomic E-state index is 5.84. The lowest BCUT2D eigenvalue weighted by atomic mass is 10.1. The Morgan fingerprint density at radius 1 is 1.33 bits per heavy atom. The molecule has 2 N–H and O–H groups in total. The van der Waals surface area contributed by atoms with Gasteiger partial charge in [-0.2, -0.15) is 0 Å². The van der Waals surface area contributed by atoms with Crippen LogP contribution in [0.5, 0.6) is 0 Å². The van der Waals surface area contributed by atoms with Crippen LogP contribution in [-0.2, 0) is 4.74 Å². The third-order valence-electron chi connectivity index (χ3n) is 2.97. The van der Waals surface area contributed by atoms with Crippen molar-refractivity contribution in [3.8, 4) is 0 Å². The molecule has 3 nitrogen and oxygen atoms in total. The van der Waals surface area contributed by atoms with Gasteiger partial charge in [0.05, 0.1) is 12.2 Å². The first-order valence-corrected chi connectivity index (χ1v) is 6.34. The molecule has 90 valence electrons. The Balaban J connectivity index is 2.24. The van der Waals surface area contributed by atoms with E-state index in [9.17, 15) is 0 Å². The van der Waals surface area contributed by atoms with Crippen LogP contribution in [0, 0.1) is 0 Å². The van der Waals surface area contributed by atoms with Gasteiger partial charge < -0.3 is 10.5 Å². The zero-order valence-corrected chi connectivity index (χ0v) is 10.2. The van der Waals surface area contributed by atoms with Crippen molar-refractivity contribution >= 4 is 0 Å². The highest BCUT2D eigenvalue weighted by molar-refractivity contribution is 4.75. The fourth-order valence-corrected chi connectivity index (χ4v) is 2.25. The second-order valence-electron chi connectivity index (χ2n) is 4.61. The van der Waals surface area contributed by atoms with Crippen LogP contribution in [0.2, 0.25) is 0 Å². The summed E-state index contributed by atoms with van der Waals surface area (Å²) in [6.45, 7) is 8.54. The monoisotopic (exact) mass is 214 g/mol. The first-order chi connectivity index (χ1) is 7.26. The number of rotatable bonds is 6. The van der Waals surface area contributed by atoms with Gasteiger partial charge >= 0.3 is 0 Å². The van der Waals surface area contributed by atoms with E-state index in [1.165, 1.54) is 25.8 Å². The smallest absolute Gasteiger partial charge is 0.0718 e. The van der Waals surface area contributed by atoms with Crippen LogP contribution in [0.4, 0.5) is 0 Å². The maximum atomic E-state index is 5.84. The fraction of sp³-hybridized carbons (Fsp3) is 1.00. The van der Waals surface area contributed by atoms with Gasteiger partial charge in [0.15, 0.2) is 0 Å². The summed E-state index contributed by atoms with van der Waals surface area (Å²) in [5.74, 6) is 0. The minimum atomic E-state index is 0.361. The minimum absolute atomic E-state index is 0.361. The Kier molecular flexibility index (Phi) is 6.22. The van der Waals surface area contributed by atoms with E-state index in [2.05, 4.69) is 18.7 Å². The van der Waals surface area contributed by atoms with Gasteiger partial charge in [0.1, 0.15) is 0 Å². The SMILES string of the molecule is CCCCCN1CC(C)OC(CCN)C1. The molecule has 0 aliphatic carbocycles. The van der Waals surface area contributed by atoms with E-state index in [-0.39, 0.29) is 0 Å². The molecule has 0 aromatic heterocycles. The van der Waals surface area contributed by atoms with Crippen molar-refractivity contribution in [2.75, 3.05) is 26.2 Å². The van der Waals surface area contributed by atoms with Crippen LogP contribution in [-0.4, -0.2) is 43.3 Å². The predicted molar refractivity (Wildman–Crippen MR) is 64.0 cm³/mol. The zero-order valence-electron chi connectivity index (χ0n) is 10.2. The molecule has 1 saturated heterocycles. The summed E-state index contributed by atoms with van der Waals surface area (Å²) in [4.78, 5) is 2.53. The summed E-state index contributed by atoms with van der Waals surface area (Å²) in [6, 6.07) is 0. The topological polar surface area (TPSA) is 38.5 Å². The number of ether oxygens (including phenoxy) is 1. The number of unbranched alkanes of at least 4 members (excludes halogenated alkanes) is 2. The summed E-state index contributed by atoms with van der Waals surface area (Å²) in [5, 5.41) is 0. The highest BCUT2D eigenvalue weighted by Gasteiger charge is 2.23. The van der Waals surface area contributed by atoms with E-state index in [0.29, 0.717) is 12.2 Å². The molecule has 15 heavy (non-hydrogen) atoms. The summed E-state index contributed by atoms with van der Waals surface area (Å²) in [6.07, 6.45) is 5.68. The van der Waals surface area contributed by atoms with Crippen LogP contribution in [0.3, 0.4) is 0 Å². The third kappa shape index (κ3) is 4.96. The van der Waals surface area contributed by atoms with E-state index in [1.807, 2.05) is 0 Å². The van der Waals surface area contributed by atoms with Gasteiger partial charge in [0.25, 0.3) is 0 Å². The van der Waals surface area contributed by atoms with Gasteiger partial charge in [-0.3, -0.25) is 4.90 Å². The first-order valence-electron chi connectivity index (χ1n) is 6.34. The Bertz CT molecular complexity index is 164. The van der Waals surface area contributed by atoms with Gasteiger partial charge in [-0.1, -0.05) is 19.8 Å². The van der Waals surface area contributed by atoms with Gasteiger partial charge in [-0.05, 0) is 32.9 Å². The van der Waals surface area contributed by atoms with Gasteiger partial charge in [0, 0.05) is 13.1 Å². The molecule has 1 aliphatic rings. The first kappa shape index (κ1) is 12.9. The third-order valence-corrected chi connectivity index (χ3v) is 2.97. The van der Waals surface area contributed by atoms with E-state index in [1.54, 1.807) is 0 Å². The van der Waals surface area contributed by atoms with Crippen LogP contribution in [0.25, 0.3) is 0 Å². The molecule has 1 heterocycles. The molecule has 0 aromatic rings. The fourth-order valence-electron chi connectivity index (χ4n) is 2.25. The van der Waals surface area contributed by atoms with Crippen molar-refractivity contribution in [1.29, 1.82) is 0 Å². The van der Waals surface area contributed by atoms with Crippen molar-refractivity contribution in [3.63, 3.8) is 0 Å². The van der Waals surface area contributed by atoms with E-state index in [4.69, 9.17) is 10.5 Å². The molecule has 3 heteroatoms. The molecule has 0 bridgehead atoms. The molecule has 1 aliphatic heterocycles. The molecule has 0 spiro atoms. The van der Waals surface area contributed by atoms with Gasteiger partial charge in [0.2, 0.25) is 0 Å². The maximum Gasteiger partial charge on any atom is 0.0718 e. The zero-order chi connectivity index (χ0) is 11.1. The average Bonchev–Trinajstić information content (AvgIpc) is 2.18. The highest BCUT2D eigenvalue weighted by atomic mass is 16.5. The molecular formula is C12H26N2O. The molecule has 1 fully saturated rings. The lowest BCUT2D eigenvalue weighted by Gasteiger charge is -2.36. The minimum Gasteiger partial charge on any atom is -0.373 e. The number of hydrogen-bond donors (Lipinski definition) is 1. The van der Waals surface area contributed by atoms with Crippen molar-refractivity contribution in [1.82, 2.24) is 4.90 Å². The van der Waals surface area contributed by atoms with Crippen molar-refractivity contribution in [2.45, 2.75) is 51.7 Å². The quantitative estimate of drug-likeness (QED) is 0.683. The molecule has 1 rings (SSSR count). The van der Waals surface area contributed by atoms with Crippen molar-refractivity contribution in [2.24, 2.45) is 5.73 Å². The van der Waals surface area contributed by atoms with Crippen LogP contribution in [0.1, 0.15) is 39.5 Å². The molecule has 2 unspecified atom stereocenters. The van der Waals surface area contributed by atoms with Crippen LogP contribution < -0.4 is 5.73 Å². The molecule has 0 saturated carbocycles. The van der Waals surface area contributed by atoms with E-state index < -0.39 is 0 Å². The van der Waals surface area contributed by atoms with Crippen LogP contribution >= 0.6 is 0 Å². The lowest BCUT2D eigenvalue weighted by Crippen LogP contribution is -2.47. The number of morpholine rings is 1. The Morgan fingerprint density at radius 2 is 2.13 bits per heavy atom. The second-order valence-corrected chi connectivity index (χ2v) is 4.61. The predicted octanol–water partition coefficient (Wildman–Crippen LogP) is 1.61. The molecule has 2 atom stereocenters. The number of nitrogens with zero attached hydrogens (tertiary/aromatic N) is 1. The summed E-state index contributed by atoms with van der Waals surface area (Å²) in [5.41, 5.74) is 5.57. The standard InChI is InChI=1S/C12H26N2O/c1-3-4-5-8-14-9-11(2)15-12(10-14)6-7-13/h11-12H,3-10,13H2,1-2H3. The van der Waals surface area contributed by atoms with Gasteiger partial charge in [-0.25, -0.2) is 0 Å². The normalized spacial score (nSPS) is 28.2. The van der Waals surface area contributed by atoms with E-state index >= 15 is 0 Å². The largest absolute Gasteiger partial charge is 0.373 e. The summed E-state index contributed by atoms with van der Waals surface area (Å²) >= 11 is 0. The molecule has 0 radical (unpaired) electrons. The highest BCUT2D eigenvalue weighted by Crippen LogP contribution is 2.14. The van der Waals surface area contributed by atoms with Crippen LogP contribution in [0.15, 0.2) is 0 Å². The average molecular weight is 214 g/mol. The van der Waals surface area contributed by atoms with Gasteiger partial charge in [-0.15, -0.1) is 0 Å². The molecule has 0 aromatic carbocycles. The molecular weight excluding hydrogens is 188 g/mol. The Labute approximate surface area is 94.0 Å². The second kappa shape index (κ2) is 7.20.